The van der Waals surface area contributed by atoms with E-state index in [0.717, 1.165) is 12.1 Å². The van der Waals surface area contributed by atoms with Crippen molar-refractivity contribution in [1.29, 1.82) is 0 Å². The maximum absolute atomic E-state index is 13.4. The number of ether oxygens (including phenoxy) is 2. The number of carbonyl (C=O) groups is 3. The van der Waals surface area contributed by atoms with Crippen molar-refractivity contribution in [2.24, 2.45) is 0 Å². The van der Waals surface area contributed by atoms with Crippen LogP contribution in [0.15, 0.2) is 48.0 Å². The van der Waals surface area contributed by atoms with E-state index in [0.29, 0.717) is 36.3 Å². The standard InChI is InChI=1S/C25H26FNO7/c1-33-18-12-9-16(14-19(18)34-2)22-21(23(30)15-7-10-17(26)11-8-15)24(31)25(32)27(22)13-5-3-4-6-20(28)29/h7-12,14,22,30H,3-6,13H2,1-2H3,(H,28,29)/b23-21-. The first-order chi connectivity index (χ1) is 16.3. The maximum atomic E-state index is 13.4. The molecule has 3 rings (SSSR count). The van der Waals surface area contributed by atoms with Gasteiger partial charge in [-0.3, -0.25) is 14.4 Å². The van der Waals surface area contributed by atoms with Gasteiger partial charge in [-0.1, -0.05) is 12.5 Å². The number of methoxy groups -OCH3 is 2. The Labute approximate surface area is 196 Å². The van der Waals surface area contributed by atoms with Crippen molar-refractivity contribution in [2.75, 3.05) is 20.8 Å². The van der Waals surface area contributed by atoms with Crippen molar-refractivity contribution >= 4 is 23.4 Å². The lowest BCUT2D eigenvalue weighted by Gasteiger charge is -2.26. The second-order valence-electron chi connectivity index (χ2n) is 7.82. The molecule has 0 aromatic heterocycles. The lowest BCUT2D eigenvalue weighted by atomic mass is 9.95. The number of unbranched alkanes of at least 4 members (excludes halogenated alkanes) is 2. The van der Waals surface area contributed by atoms with Crippen LogP contribution in [0.4, 0.5) is 4.39 Å². The van der Waals surface area contributed by atoms with E-state index in [9.17, 15) is 23.9 Å². The van der Waals surface area contributed by atoms with Crippen LogP contribution in [0.3, 0.4) is 0 Å². The number of benzene rings is 2. The summed E-state index contributed by atoms with van der Waals surface area (Å²) in [7, 11) is 2.94. The molecule has 1 aliphatic rings. The molecule has 1 aliphatic heterocycles. The van der Waals surface area contributed by atoms with Crippen LogP contribution in [0.5, 0.6) is 11.5 Å². The zero-order valence-electron chi connectivity index (χ0n) is 18.9. The molecule has 0 bridgehead atoms. The molecule has 2 aromatic rings. The maximum Gasteiger partial charge on any atom is 0.303 e. The average molecular weight is 471 g/mol. The summed E-state index contributed by atoms with van der Waals surface area (Å²) in [5.74, 6) is -2.61. The largest absolute Gasteiger partial charge is 0.507 e. The molecule has 180 valence electrons. The molecule has 1 saturated heterocycles. The quantitative estimate of drug-likeness (QED) is 0.234. The van der Waals surface area contributed by atoms with Crippen LogP contribution in [0.1, 0.15) is 42.9 Å². The van der Waals surface area contributed by atoms with Gasteiger partial charge in [0.15, 0.2) is 11.5 Å². The number of rotatable bonds is 10. The Morgan fingerprint density at radius 3 is 2.26 bits per heavy atom. The summed E-state index contributed by atoms with van der Waals surface area (Å²) < 4.78 is 24.0. The molecule has 2 aromatic carbocycles. The molecule has 1 amide bonds. The number of carboxylic acids is 1. The average Bonchev–Trinajstić information content (AvgIpc) is 3.08. The first-order valence-corrected chi connectivity index (χ1v) is 10.8. The molecule has 0 aliphatic carbocycles. The van der Waals surface area contributed by atoms with Crippen molar-refractivity contribution in [3.05, 3.63) is 65.0 Å². The first kappa shape index (κ1) is 24.8. The van der Waals surface area contributed by atoms with Crippen LogP contribution in [-0.4, -0.2) is 53.5 Å². The zero-order chi connectivity index (χ0) is 24.8. The Balaban J connectivity index is 2.04. The highest BCUT2D eigenvalue weighted by molar-refractivity contribution is 6.46. The predicted molar refractivity (Wildman–Crippen MR) is 121 cm³/mol. The van der Waals surface area contributed by atoms with Crippen molar-refractivity contribution in [3.8, 4) is 11.5 Å². The van der Waals surface area contributed by atoms with Crippen LogP contribution in [0.25, 0.3) is 5.76 Å². The van der Waals surface area contributed by atoms with Crippen LogP contribution < -0.4 is 9.47 Å². The van der Waals surface area contributed by atoms with Gasteiger partial charge in [-0.05, 0) is 54.8 Å². The van der Waals surface area contributed by atoms with Crippen LogP contribution in [-0.2, 0) is 14.4 Å². The van der Waals surface area contributed by atoms with Gasteiger partial charge in [-0.25, -0.2) is 4.39 Å². The first-order valence-electron chi connectivity index (χ1n) is 10.8. The lowest BCUT2D eigenvalue weighted by molar-refractivity contribution is -0.140. The normalized spacial score (nSPS) is 17.1. The number of aliphatic hydroxyl groups excluding tert-OH is 1. The number of hydrogen-bond donors (Lipinski definition) is 2. The van der Waals surface area contributed by atoms with Gasteiger partial charge in [0, 0.05) is 18.5 Å². The summed E-state index contributed by atoms with van der Waals surface area (Å²) >= 11 is 0. The molecule has 0 saturated carbocycles. The number of carboxylic acid groups (broad SMARTS) is 1. The summed E-state index contributed by atoms with van der Waals surface area (Å²) in [6.45, 7) is 0.184. The van der Waals surface area contributed by atoms with Gasteiger partial charge < -0.3 is 24.6 Å². The van der Waals surface area contributed by atoms with Crippen molar-refractivity contribution < 1.29 is 38.5 Å². The van der Waals surface area contributed by atoms with E-state index in [1.54, 1.807) is 18.2 Å². The number of aliphatic carboxylic acids is 1. The molecule has 2 N–H and O–H groups in total. The minimum atomic E-state index is -0.913. The minimum Gasteiger partial charge on any atom is -0.507 e. The third-order valence-electron chi connectivity index (χ3n) is 5.67. The van der Waals surface area contributed by atoms with Crippen molar-refractivity contribution in [2.45, 2.75) is 31.7 Å². The summed E-state index contributed by atoms with van der Waals surface area (Å²) in [5.41, 5.74) is 0.603. The number of ketones is 1. The lowest BCUT2D eigenvalue weighted by Crippen LogP contribution is -2.30. The van der Waals surface area contributed by atoms with Gasteiger partial charge in [0.25, 0.3) is 11.7 Å². The zero-order valence-corrected chi connectivity index (χ0v) is 18.9. The number of hydrogen-bond acceptors (Lipinski definition) is 6. The number of amides is 1. The Hall–Kier alpha value is -3.88. The summed E-state index contributed by atoms with van der Waals surface area (Å²) in [5, 5.41) is 19.8. The fraction of sp³-hybridized carbons (Fsp3) is 0.320. The highest BCUT2D eigenvalue weighted by atomic mass is 19.1. The monoisotopic (exact) mass is 471 g/mol. The molecular formula is C25H26FNO7. The smallest absolute Gasteiger partial charge is 0.303 e. The second-order valence-corrected chi connectivity index (χ2v) is 7.82. The van der Waals surface area contributed by atoms with Crippen molar-refractivity contribution in [3.63, 3.8) is 0 Å². The molecular weight excluding hydrogens is 445 g/mol. The van der Waals surface area contributed by atoms with Crippen LogP contribution in [0, 0.1) is 5.82 Å². The number of carbonyl (C=O) groups excluding carboxylic acids is 2. The van der Waals surface area contributed by atoms with E-state index in [4.69, 9.17) is 14.6 Å². The molecule has 9 heteroatoms. The van der Waals surface area contributed by atoms with Crippen molar-refractivity contribution in [1.82, 2.24) is 4.90 Å². The Bertz CT molecular complexity index is 1110. The highest BCUT2D eigenvalue weighted by Crippen LogP contribution is 2.42. The molecule has 1 heterocycles. The number of halogens is 1. The van der Waals surface area contributed by atoms with Gasteiger partial charge in [0.2, 0.25) is 0 Å². The van der Waals surface area contributed by atoms with Gasteiger partial charge in [0.05, 0.1) is 25.8 Å². The van der Waals surface area contributed by atoms with E-state index in [1.165, 1.54) is 31.3 Å². The SMILES string of the molecule is COc1ccc(C2/C(=C(/O)c3ccc(F)cc3)C(=O)C(=O)N2CCCCCC(=O)O)cc1OC. The fourth-order valence-corrected chi connectivity index (χ4v) is 3.98. The second kappa shape index (κ2) is 10.8. The highest BCUT2D eigenvalue weighted by Gasteiger charge is 2.46. The Morgan fingerprint density at radius 1 is 0.971 bits per heavy atom. The molecule has 1 fully saturated rings. The van der Waals surface area contributed by atoms with Crippen LogP contribution in [0.2, 0.25) is 0 Å². The molecule has 1 unspecified atom stereocenters. The Kier molecular flexibility index (Phi) is 7.88. The predicted octanol–water partition coefficient (Wildman–Crippen LogP) is 3.91. The topological polar surface area (TPSA) is 113 Å². The fourth-order valence-electron chi connectivity index (χ4n) is 3.98. The number of nitrogens with zero attached hydrogens (tertiary/aromatic N) is 1. The van der Waals surface area contributed by atoms with Gasteiger partial charge in [-0.2, -0.15) is 0 Å². The van der Waals surface area contributed by atoms with E-state index in [-0.39, 0.29) is 24.1 Å². The van der Waals surface area contributed by atoms with Crippen LogP contribution >= 0.6 is 0 Å². The summed E-state index contributed by atoms with van der Waals surface area (Å²) in [4.78, 5) is 38.1. The minimum absolute atomic E-state index is 0.0164. The molecule has 0 radical (unpaired) electrons. The van der Waals surface area contributed by atoms with Gasteiger partial charge >= 0.3 is 5.97 Å². The van der Waals surface area contributed by atoms with E-state index >= 15 is 0 Å². The third-order valence-corrected chi connectivity index (χ3v) is 5.67. The summed E-state index contributed by atoms with van der Waals surface area (Å²) in [6, 6.07) is 8.99. The van der Waals surface area contributed by atoms with Gasteiger partial charge in [-0.15, -0.1) is 0 Å². The number of Topliss-reactive ketones (excluding diaryl/α,β-unsaturated/α-hetero) is 1. The summed E-state index contributed by atoms with van der Waals surface area (Å²) in [6.07, 6.45) is 1.48. The van der Waals surface area contributed by atoms with E-state index in [1.807, 2.05) is 0 Å². The number of aliphatic hydroxyl groups is 1. The van der Waals surface area contributed by atoms with Gasteiger partial charge in [0.1, 0.15) is 11.6 Å². The van der Waals surface area contributed by atoms with E-state index < -0.39 is 35.3 Å². The molecule has 34 heavy (non-hydrogen) atoms. The molecule has 8 nitrogen and oxygen atoms in total. The van der Waals surface area contributed by atoms with E-state index in [2.05, 4.69) is 0 Å². The third kappa shape index (κ3) is 5.19. The molecule has 0 spiro atoms. The Morgan fingerprint density at radius 2 is 1.65 bits per heavy atom. The molecule has 1 atom stereocenters. The number of likely N-dealkylation sites (tertiary alicyclic amines) is 1.